The summed E-state index contributed by atoms with van der Waals surface area (Å²) in [4.78, 5) is 1.95. The van der Waals surface area contributed by atoms with E-state index in [0.29, 0.717) is 12.1 Å². The predicted octanol–water partition coefficient (Wildman–Crippen LogP) is 2.96. The lowest BCUT2D eigenvalue weighted by Gasteiger charge is -2.12. The molecule has 3 heteroatoms. The van der Waals surface area contributed by atoms with Crippen molar-refractivity contribution in [1.29, 1.82) is 0 Å². The van der Waals surface area contributed by atoms with Crippen LogP contribution >= 0.6 is 15.9 Å². The van der Waals surface area contributed by atoms with Crippen molar-refractivity contribution < 1.29 is 4.39 Å². The maximum atomic E-state index is 13.5. The second-order valence-electron chi connectivity index (χ2n) is 3.43. The first-order valence-electron chi connectivity index (χ1n) is 4.10. The maximum Gasteiger partial charge on any atom is 0.130 e. The lowest BCUT2D eigenvalue weighted by Crippen LogP contribution is -2.12. The van der Waals surface area contributed by atoms with Gasteiger partial charge in [0.1, 0.15) is 5.82 Å². The van der Waals surface area contributed by atoms with Crippen LogP contribution in [0.5, 0.6) is 0 Å². The van der Waals surface area contributed by atoms with Gasteiger partial charge in [-0.25, -0.2) is 4.39 Å². The standard InChI is InChI=1S/C10H13BrFN/c1-7-4-9(11)5-8(10(7)12)6-13(2)3/h4-5H,6H2,1-3H3. The second-order valence-corrected chi connectivity index (χ2v) is 4.35. The highest BCUT2D eigenvalue weighted by Gasteiger charge is 2.07. The molecule has 0 radical (unpaired) electrons. The van der Waals surface area contributed by atoms with Crippen LogP contribution < -0.4 is 0 Å². The quantitative estimate of drug-likeness (QED) is 0.775. The third kappa shape index (κ3) is 2.78. The molecule has 0 aliphatic heterocycles. The molecule has 0 spiro atoms. The fraction of sp³-hybridized carbons (Fsp3) is 0.400. The van der Waals surface area contributed by atoms with Crippen LogP contribution in [0.2, 0.25) is 0 Å². The van der Waals surface area contributed by atoms with E-state index in [2.05, 4.69) is 15.9 Å². The van der Waals surface area contributed by atoms with E-state index in [-0.39, 0.29) is 5.82 Å². The molecule has 0 bridgehead atoms. The van der Waals surface area contributed by atoms with Gasteiger partial charge in [-0.3, -0.25) is 0 Å². The molecule has 1 aromatic rings. The van der Waals surface area contributed by atoms with E-state index in [1.165, 1.54) is 0 Å². The predicted molar refractivity (Wildman–Crippen MR) is 56.2 cm³/mol. The van der Waals surface area contributed by atoms with Crippen LogP contribution in [-0.2, 0) is 6.54 Å². The van der Waals surface area contributed by atoms with Gasteiger partial charge in [-0.05, 0) is 38.7 Å². The van der Waals surface area contributed by atoms with Crippen molar-refractivity contribution in [2.45, 2.75) is 13.5 Å². The summed E-state index contributed by atoms with van der Waals surface area (Å²) >= 11 is 3.35. The van der Waals surface area contributed by atoms with Crippen molar-refractivity contribution in [2.24, 2.45) is 0 Å². The molecule has 0 amide bonds. The van der Waals surface area contributed by atoms with Crippen LogP contribution in [0.25, 0.3) is 0 Å². The minimum Gasteiger partial charge on any atom is -0.305 e. The fourth-order valence-electron chi connectivity index (χ4n) is 1.25. The zero-order chi connectivity index (χ0) is 10.0. The zero-order valence-electron chi connectivity index (χ0n) is 8.06. The highest BCUT2D eigenvalue weighted by atomic mass is 79.9. The first-order chi connectivity index (χ1) is 6.00. The minimum atomic E-state index is -0.100. The fourth-order valence-corrected chi connectivity index (χ4v) is 1.87. The van der Waals surface area contributed by atoms with Gasteiger partial charge in [-0.15, -0.1) is 0 Å². The molecule has 0 saturated heterocycles. The molecule has 0 atom stereocenters. The summed E-state index contributed by atoms with van der Waals surface area (Å²) in [6.45, 7) is 2.41. The van der Waals surface area contributed by atoms with Crippen molar-refractivity contribution in [3.05, 3.63) is 33.5 Å². The average Bonchev–Trinajstić information content (AvgIpc) is 1.98. The second kappa shape index (κ2) is 4.20. The SMILES string of the molecule is Cc1cc(Br)cc(CN(C)C)c1F. The topological polar surface area (TPSA) is 3.24 Å². The lowest BCUT2D eigenvalue weighted by atomic mass is 10.1. The summed E-state index contributed by atoms with van der Waals surface area (Å²) in [7, 11) is 3.85. The van der Waals surface area contributed by atoms with Gasteiger partial charge in [0.05, 0.1) is 0 Å². The molecule has 0 aromatic heterocycles. The molecule has 72 valence electrons. The van der Waals surface area contributed by atoms with Gasteiger partial charge >= 0.3 is 0 Å². The van der Waals surface area contributed by atoms with Gasteiger partial charge in [0.2, 0.25) is 0 Å². The van der Waals surface area contributed by atoms with Gasteiger partial charge in [-0.1, -0.05) is 15.9 Å². The molecule has 0 aliphatic rings. The monoisotopic (exact) mass is 245 g/mol. The largest absolute Gasteiger partial charge is 0.305 e. The molecule has 1 rings (SSSR count). The van der Waals surface area contributed by atoms with Crippen LogP contribution in [-0.4, -0.2) is 19.0 Å². The molecule has 1 aromatic carbocycles. The van der Waals surface area contributed by atoms with Crippen molar-refractivity contribution in [3.63, 3.8) is 0 Å². The van der Waals surface area contributed by atoms with Gasteiger partial charge in [-0.2, -0.15) is 0 Å². The molecule has 0 aliphatic carbocycles. The van der Waals surface area contributed by atoms with E-state index in [1.807, 2.05) is 25.1 Å². The van der Waals surface area contributed by atoms with Crippen LogP contribution in [0.15, 0.2) is 16.6 Å². The van der Waals surface area contributed by atoms with Gasteiger partial charge in [0, 0.05) is 16.6 Å². The summed E-state index contributed by atoms with van der Waals surface area (Å²) in [5.41, 5.74) is 1.42. The van der Waals surface area contributed by atoms with Gasteiger partial charge < -0.3 is 4.90 Å². The van der Waals surface area contributed by atoms with E-state index in [1.54, 1.807) is 13.0 Å². The lowest BCUT2D eigenvalue weighted by molar-refractivity contribution is 0.392. The Morgan fingerprint density at radius 2 is 2.00 bits per heavy atom. The molecule has 13 heavy (non-hydrogen) atoms. The molecular formula is C10H13BrFN. The third-order valence-corrected chi connectivity index (χ3v) is 2.24. The Hall–Kier alpha value is -0.410. The number of aryl methyl sites for hydroxylation is 1. The average molecular weight is 246 g/mol. The molecular weight excluding hydrogens is 233 g/mol. The Kier molecular flexibility index (Phi) is 3.45. The smallest absolute Gasteiger partial charge is 0.130 e. The third-order valence-electron chi connectivity index (χ3n) is 1.78. The van der Waals surface area contributed by atoms with Crippen molar-refractivity contribution in [2.75, 3.05) is 14.1 Å². The number of hydrogen-bond acceptors (Lipinski definition) is 1. The first kappa shape index (κ1) is 10.7. The number of rotatable bonds is 2. The van der Waals surface area contributed by atoms with Crippen molar-refractivity contribution in [1.82, 2.24) is 4.90 Å². The molecule has 0 heterocycles. The summed E-state index contributed by atoms with van der Waals surface area (Å²) in [5.74, 6) is -0.100. The molecule has 0 saturated carbocycles. The van der Waals surface area contributed by atoms with Crippen LogP contribution in [0, 0.1) is 12.7 Å². The van der Waals surface area contributed by atoms with Gasteiger partial charge in [0.15, 0.2) is 0 Å². The van der Waals surface area contributed by atoms with Gasteiger partial charge in [0.25, 0.3) is 0 Å². The number of halogens is 2. The summed E-state index contributed by atoms with van der Waals surface area (Å²) < 4.78 is 14.4. The van der Waals surface area contributed by atoms with Crippen LogP contribution in [0.3, 0.4) is 0 Å². The normalized spacial score (nSPS) is 10.9. The Labute approximate surface area is 86.7 Å². The summed E-state index contributed by atoms with van der Waals surface area (Å²) in [6, 6.07) is 3.61. The minimum absolute atomic E-state index is 0.100. The number of nitrogens with zero attached hydrogens (tertiary/aromatic N) is 1. The zero-order valence-corrected chi connectivity index (χ0v) is 9.65. The molecule has 0 fully saturated rings. The number of hydrogen-bond donors (Lipinski definition) is 0. The summed E-state index contributed by atoms with van der Waals surface area (Å²) in [6.07, 6.45) is 0. The van der Waals surface area contributed by atoms with E-state index < -0.39 is 0 Å². The van der Waals surface area contributed by atoms with E-state index in [0.717, 1.165) is 10.0 Å². The first-order valence-corrected chi connectivity index (χ1v) is 4.89. The highest BCUT2D eigenvalue weighted by Crippen LogP contribution is 2.20. The molecule has 0 unspecified atom stereocenters. The van der Waals surface area contributed by atoms with Crippen molar-refractivity contribution >= 4 is 15.9 Å². The Bertz CT molecular complexity index is 310. The Morgan fingerprint density at radius 1 is 1.38 bits per heavy atom. The van der Waals surface area contributed by atoms with Crippen LogP contribution in [0.4, 0.5) is 4.39 Å². The van der Waals surface area contributed by atoms with E-state index in [9.17, 15) is 4.39 Å². The Balaban J connectivity index is 3.05. The number of benzene rings is 1. The van der Waals surface area contributed by atoms with Crippen LogP contribution in [0.1, 0.15) is 11.1 Å². The molecule has 0 N–H and O–H groups in total. The van der Waals surface area contributed by atoms with Crippen molar-refractivity contribution in [3.8, 4) is 0 Å². The highest BCUT2D eigenvalue weighted by molar-refractivity contribution is 9.10. The van der Waals surface area contributed by atoms with E-state index >= 15 is 0 Å². The summed E-state index contributed by atoms with van der Waals surface area (Å²) in [5, 5.41) is 0. The Morgan fingerprint density at radius 3 is 2.54 bits per heavy atom. The molecule has 1 nitrogen and oxygen atoms in total. The van der Waals surface area contributed by atoms with E-state index in [4.69, 9.17) is 0 Å². The maximum absolute atomic E-state index is 13.5.